The van der Waals surface area contributed by atoms with Crippen molar-refractivity contribution in [3.05, 3.63) is 58.6 Å². The summed E-state index contributed by atoms with van der Waals surface area (Å²) in [4.78, 5) is 12.3. The van der Waals surface area contributed by atoms with Crippen molar-refractivity contribution in [1.29, 1.82) is 0 Å². The number of rotatable bonds is 4. The first-order valence-corrected chi connectivity index (χ1v) is 6.89. The van der Waals surface area contributed by atoms with Crippen molar-refractivity contribution >= 4 is 23.2 Å². The summed E-state index contributed by atoms with van der Waals surface area (Å²) in [6.45, 7) is 1.91. The van der Waals surface area contributed by atoms with Gasteiger partial charge in [-0.05, 0) is 36.8 Å². The Morgan fingerprint density at radius 2 is 1.90 bits per heavy atom. The van der Waals surface area contributed by atoms with E-state index in [1.54, 1.807) is 30.3 Å². The normalized spacial score (nSPS) is 11.8. The molecule has 0 aromatic heterocycles. The number of benzene rings is 2. The molecule has 4 nitrogen and oxygen atoms in total. The van der Waals surface area contributed by atoms with Gasteiger partial charge >= 0.3 is 0 Å². The van der Waals surface area contributed by atoms with Gasteiger partial charge < -0.3 is 15.8 Å². The van der Waals surface area contributed by atoms with Crippen LogP contribution in [0.2, 0.25) is 5.02 Å². The molecule has 0 spiro atoms. The fourth-order valence-electron chi connectivity index (χ4n) is 2.00. The molecule has 3 N–H and O–H groups in total. The van der Waals surface area contributed by atoms with Gasteiger partial charge in [-0.1, -0.05) is 23.7 Å². The van der Waals surface area contributed by atoms with Crippen LogP contribution >= 0.6 is 11.6 Å². The van der Waals surface area contributed by atoms with Gasteiger partial charge in [-0.25, -0.2) is 0 Å². The summed E-state index contributed by atoms with van der Waals surface area (Å²) in [7, 11) is 1.51. The minimum Gasteiger partial charge on any atom is -0.496 e. The third kappa shape index (κ3) is 3.67. The predicted molar refractivity (Wildman–Crippen MR) is 84.7 cm³/mol. The van der Waals surface area contributed by atoms with Crippen molar-refractivity contribution in [3.63, 3.8) is 0 Å². The lowest BCUT2D eigenvalue weighted by molar-refractivity contribution is 0.0937. The number of ether oxygens (including phenoxy) is 1. The monoisotopic (exact) mass is 304 g/mol. The molecule has 0 aliphatic carbocycles. The van der Waals surface area contributed by atoms with Crippen molar-refractivity contribution in [1.82, 2.24) is 5.32 Å². The lowest BCUT2D eigenvalue weighted by Gasteiger charge is -2.16. The lowest BCUT2D eigenvalue weighted by Crippen LogP contribution is -2.27. The summed E-state index contributed by atoms with van der Waals surface area (Å²) in [5.74, 6) is 0.241. The molecular formula is C16H17ClN2O2. The van der Waals surface area contributed by atoms with Crippen LogP contribution in [0, 0.1) is 0 Å². The zero-order chi connectivity index (χ0) is 15.4. The number of hydrogen-bond donors (Lipinski definition) is 2. The van der Waals surface area contributed by atoms with Crippen LogP contribution in [0.5, 0.6) is 5.75 Å². The van der Waals surface area contributed by atoms with E-state index in [1.165, 1.54) is 7.11 Å². The summed E-state index contributed by atoms with van der Waals surface area (Å²) in [5, 5.41) is 3.59. The van der Waals surface area contributed by atoms with Crippen molar-refractivity contribution in [2.75, 3.05) is 12.8 Å². The molecule has 0 fully saturated rings. The molecule has 0 saturated heterocycles. The van der Waals surface area contributed by atoms with E-state index in [4.69, 9.17) is 22.1 Å². The van der Waals surface area contributed by atoms with Crippen molar-refractivity contribution in [2.45, 2.75) is 13.0 Å². The average molecular weight is 305 g/mol. The number of nitrogen functional groups attached to an aromatic ring is 1. The summed E-state index contributed by atoms with van der Waals surface area (Å²) in [6.07, 6.45) is 0. The number of carbonyl (C=O) groups is 1. The smallest absolute Gasteiger partial charge is 0.255 e. The molecule has 2 rings (SSSR count). The van der Waals surface area contributed by atoms with Crippen LogP contribution < -0.4 is 15.8 Å². The van der Waals surface area contributed by atoms with Crippen LogP contribution in [0.15, 0.2) is 42.5 Å². The number of halogens is 1. The van der Waals surface area contributed by atoms with E-state index in [-0.39, 0.29) is 11.9 Å². The van der Waals surface area contributed by atoms with Gasteiger partial charge in [0.1, 0.15) is 5.75 Å². The van der Waals surface area contributed by atoms with Gasteiger partial charge in [0.05, 0.1) is 18.7 Å². The topological polar surface area (TPSA) is 64.3 Å². The summed E-state index contributed by atoms with van der Waals surface area (Å²) in [5.41, 5.74) is 7.66. The molecule has 1 amide bonds. The maximum atomic E-state index is 12.3. The Labute approximate surface area is 128 Å². The second-order valence-corrected chi connectivity index (χ2v) is 5.14. The van der Waals surface area contributed by atoms with Crippen LogP contribution in [0.1, 0.15) is 28.9 Å². The lowest BCUT2D eigenvalue weighted by atomic mass is 10.1. The molecule has 110 valence electrons. The highest BCUT2D eigenvalue weighted by Gasteiger charge is 2.15. The molecule has 0 aliphatic heterocycles. The maximum absolute atomic E-state index is 12.3. The van der Waals surface area contributed by atoms with Crippen LogP contribution in [0.25, 0.3) is 0 Å². The Balaban J connectivity index is 2.16. The largest absolute Gasteiger partial charge is 0.496 e. The zero-order valence-corrected chi connectivity index (χ0v) is 12.6. The van der Waals surface area contributed by atoms with Crippen LogP contribution in [-0.2, 0) is 0 Å². The highest BCUT2D eigenvalue weighted by atomic mass is 35.5. The van der Waals surface area contributed by atoms with Crippen LogP contribution in [0.3, 0.4) is 0 Å². The zero-order valence-electron chi connectivity index (χ0n) is 11.9. The summed E-state index contributed by atoms with van der Waals surface area (Å²) >= 11 is 5.86. The van der Waals surface area contributed by atoms with Gasteiger partial charge in [0.15, 0.2) is 0 Å². The van der Waals surface area contributed by atoms with Crippen molar-refractivity contribution in [2.24, 2.45) is 0 Å². The Bertz CT molecular complexity index is 641. The molecule has 5 heteroatoms. The Hall–Kier alpha value is -2.20. The molecular weight excluding hydrogens is 288 g/mol. The van der Waals surface area contributed by atoms with Gasteiger partial charge in [-0.3, -0.25) is 4.79 Å². The van der Waals surface area contributed by atoms with Gasteiger partial charge in [0.25, 0.3) is 5.91 Å². The SMILES string of the molecule is COc1cc(N)ccc1C(=O)N[C@H](C)c1ccc(Cl)cc1. The molecule has 0 saturated carbocycles. The van der Waals surface area contributed by atoms with E-state index in [2.05, 4.69) is 5.32 Å². The Morgan fingerprint density at radius 3 is 2.52 bits per heavy atom. The molecule has 2 aromatic rings. The first kappa shape index (κ1) is 15.2. The van der Waals surface area contributed by atoms with E-state index in [0.717, 1.165) is 5.56 Å². The molecule has 0 aliphatic rings. The highest BCUT2D eigenvalue weighted by Crippen LogP contribution is 2.23. The molecule has 2 aromatic carbocycles. The molecule has 0 bridgehead atoms. The van der Waals surface area contributed by atoms with E-state index in [0.29, 0.717) is 22.0 Å². The Morgan fingerprint density at radius 1 is 1.24 bits per heavy atom. The standard InChI is InChI=1S/C16H17ClN2O2/c1-10(11-3-5-12(17)6-4-11)19-16(20)14-8-7-13(18)9-15(14)21-2/h3-10H,18H2,1-2H3,(H,19,20)/t10-/m1/s1. The summed E-state index contributed by atoms with van der Waals surface area (Å²) < 4.78 is 5.19. The molecule has 21 heavy (non-hydrogen) atoms. The number of amides is 1. The molecule has 0 unspecified atom stereocenters. The van der Waals surface area contributed by atoms with E-state index < -0.39 is 0 Å². The third-order valence-electron chi connectivity index (χ3n) is 3.19. The maximum Gasteiger partial charge on any atom is 0.255 e. The minimum atomic E-state index is -0.214. The number of methoxy groups -OCH3 is 1. The van der Waals surface area contributed by atoms with Gasteiger partial charge in [-0.15, -0.1) is 0 Å². The van der Waals surface area contributed by atoms with E-state index >= 15 is 0 Å². The second-order valence-electron chi connectivity index (χ2n) is 4.71. The number of nitrogens with two attached hydrogens (primary N) is 1. The highest BCUT2D eigenvalue weighted by molar-refractivity contribution is 6.30. The summed E-state index contributed by atoms with van der Waals surface area (Å²) in [6, 6.07) is 12.2. The second kappa shape index (κ2) is 6.50. The Kier molecular flexibility index (Phi) is 4.70. The predicted octanol–water partition coefficient (Wildman–Crippen LogP) is 3.42. The van der Waals surface area contributed by atoms with Gasteiger partial charge in [0.2, 0.25) is 0 Å². The van der Waals surface area contributed by atoms with Crippen LogP contribution in [-0.4, -0.2) is 13.0 Å². The number of anilines is 1. The van der Waals surface area contributed by atoms with Gasteiger partial charge in [0, 0.05) is 16.8 Å². The van der Waals surface area contributed by atoms with Crippen molar-refractivity contribution < 1.29 is 9.53 Å². The van der Waals surface area contributed by atoms with E-state index in [9.17, 15) is 4.79 Å². The van der Waals surface area contributed by atoms with Gasteiger partial charge in [-0.2, -0.15) is 0 Å². The number of nitrogens with one attached hydrogen (secondary N) is 1. The fourth-order valence-corrected chi connectivity index (χ4v) is 2.13. The number of carbonyl (C=O) groups excluding carboxylic acids is 1. The fraction of sp³-hybridized carbons (Fsp3) is 0.188. The number of hydrogen-bond acceptors (Lipinski definition) is 3. The van der Waals surface area contributed by atoms with E-state index in [1.807, 2.05) is 19.1 Å². The van der Waals surface area contributed by atoms with Crippen LogP contribution in [0.4, 0.5) is 5.69 Å². The van der Waals surface area contributed by atoms with Crippen molar-refractivity contribution in [3.8, 4) is 5.75 Å². The molecule has 1 atom stereocenters. The quantitative estimate of drug-likeness (QED) is 0.851. The third-order valence-corrected chi connectivity index (χ3v) is 3.44. The minimum absolute atomic E-state index is 0.142. The molecule has 0 radical (unpaired) electrons. The first-order valence-electron chi connectivity index (χ1n) is 6.51. The molecule has 0 heterocycles. The first-order chi connectivity index (χ1) is 10.0. The average Bonchev–Trinajstić information content (AvgIpc) is 2.47.